The van der Waals surface area contributed by atoms with Gasteiger partial charge in [0, 0.05) is 10.8 Å². The second-order valence-electron chi connectivity index (χ2n) is 13.0. The van der Waals surface area contributed by atoms with Crippen molar-refractivity contribution in [3.8, 4) is 33.4 Å². The number of furan rings is 1. The molecule has 1 nitrogen and oxygen atoms in total. The summed E-state index contributed by atoms with van der Waals surface area (Å²) in [6, 6.07) is 40.8. The van der Waals surface area contributed by atoms with Crippen LogP contribution in [-0.2, 0) is 0 Å². The van der Waals surface area contributed by atoms with Crippen molar-refractivity contribution in [1.82, 2.24) is 0 Å². The molecule has 0 N–H and O–H groups in total. The Morgan fingerprint density at radius 1 is 0.353 bits per heavy atom. The average Bonchev–Trinajstić information content (AvgIpc) is 3.67. The molecule has 0 aliphatic rings. The largest absolute Gasteiger partial charge is 0.456 e. The maximum absolute atomic E-state index is 9.38. The zero-order valence-electron chi connectivity index (χ0n) is 35.1. The van der Waals surface area contributed by atoms with Crippen molar-refractivity contribution in [3.05, 3.63) is 182 Å². The van der Waals surface area contributed by atoms with Crippen LogP contribution in [0, 0.1) is 0 Å². The molecule has 11 rings (SSSR count). The Balaban J connectivity index is 1.23. The Labute approximate surface area is 305 Å². The van der Waals surface area contributed by atoms with Crippen LogP contribution in [0.3, 0.4) is 0 Å². The van der Waals surface area contributed by atoms with Gasteiger partial charge in [0.05, 0.1) is 11.0 Å². The monoisotopic (exact) mass is 654 g/mol. The standard InChI is InChI=1S/C50H30O/c1-3-15-35-31(12-1)14-11-23-38(35)48-42-21-9-7-19-40(42)47(41-20-8-10-22-43(41)48)34-26-24-33(25-27-34)44-30-46-50(39-18-6-5-17-37(39)44)49-36-16-4-2-13-32(36)28-29-45(49)51-46/h1-30H/i7D,8D,9D,10D,19D,20D,21D,22D. The molecule has 51 heavy (non-hydrogen) atoms. The van der Waals surface area contributed by atoms with Crippen LogP contribution in [0.15, 0.2) is 186 Å². The fraction of sp³-hybridized carbons (Fsp3) is 0. The molecule has 0 aliphatic heterocycles. The number of hydrogen-bond acceptors (Lipinski definition) is 1. The first-order valence-corrected chi connectivity index (χ1v) is 16.9. The lowest BCUT2D eigenvalue weighted by Gasteiger charge is -2.19. The van der Waals surface area contributed by atoms with Gasteiger partial charge in [-0.25, -0.2) is 0 Å². The molecular formula is C50H30O. The SMILES string of the molecule is [2H]c1c([2H])c([2H])c2c(-c3cccc4ccccc34)c3c([2H])c([2H])c([2H])c([2H])c3c(-c3ccc(-c4cc5oc6ccc7ccccc7c6c5c5ccccc45)cc3)c2c1[2H]. The van der Waals surface area contributed by atoms with Gasteiger partial charge in [0.25, 0.3) is 0 Å². The maximum Gasteiger partial charge on any atom is 0.136 e. The minimum atomic E-state index is -0.428. The van der Waals surface area contributed by atoms with E-state index in [0.717, 1.165) is 65.4 Å². The number of fused-ring (bicyclic) bond motifs is 10. The van der Waals surface area contributed by atoms with Gasteiger partial charge in [-0.1, -0.05) is 170 Å². The summed E-state index contributed by atoms with van der Waals surface area (Å²) >= 11 is 0. The molecule has 1 aromatic heterocycles. The van der Waals surface area contributed by atoms with Crippen molar-refractivity contribution < 1.29 is 15.4 Å². The summed E-state index contributed by atoms with van der Waals surface area (Å²) in [5.74, 6) is 0. The third-order valence-electron chi connectivity index (χ3n) is 10.3. The van der Waals surface area contributed by atoms with E-state index in [9.17, 15) is 5.48 Å². The third-order valence-corrected chi connectivity index (χ3v) is 10.3. The fourth-order valence-corrected chi connectivity index (χ4v) is 8.08. The normalized spacial score (nSPS) is 14.1. The van der Waals surface area contributed by atoms with Crippen molar-refractivity contribution in [3.63, 3.8) is 0 Å². The summed E-state index contributed by atoms with van der Waals surface area (Å²) in [5.41, 5.74) is 5.17. The summed E-state index contributed by atoms with van der Waals surface area (Å²) in [5, 5.41) is 8.86. The van der Waals surface area contributed by atoms with Gasteiger partial charge in [0.1, 0.15) is 11.2 Å². The summed E-state index contributed by atoms with van der Waals surface area (Å²) in [4.78, 5) is 0. The van der Waals surface area contributed by atoms with Gasteiger partial charge in [-0.05, 0) is 99.4 Å². The lowest BCUT2D eigenvalue weighted by Crippen LogP contribution is -1.91. The second kappa shape index (κ2) is 10.9. The first kappa shape index (κ1) is 21.4. The number of rotatable bonds is 3. The van der Waals surface area contributed by atoms with E-state index in [1.165, 1.54) is 0 Å². The zero-order chi connectivity index (χ0) is 40.4. The third kappa shape index (κ3) is 4.16. The van der Waals surface area contributed by atoms with E-state index in [1.807, 2.05) is 97.1 Å². The van der Waals surface area contributed by atoms with E-state index in [2.05, 4.69) is 36.4 Å². The first-order valence-electron chi connectivity index (χ1n) is 20.9. The second-order valence-corrected chi connectivity index (χ2v) is 13.0. The van der Waals surface area contributed by atoms with Crippen LogP contribution in [-0.4, -0.2) is 0 Å². The molecule has 236 valence electrons. The molecule has 0 amide bonds. The van der Waals surface area contributed by atoms with Crippen LogP contribution in [0.4, 0.5) is 0 Å². The fourth-order valence-electron chi connectivity index (χ4n) is 8.08. The minimum Gasteiger partial charge on any atom is -0.456 e. The predicted molar refractivity (Wildman–Crippen MR) is 218 cm³/mol. The predicted octanol–water partition coefficient (Wildman–Crippen LogP) is 14.4. The van der Waals surface area contributed by atoms with Gasteiger partial charge in [0.2, 0.25) is 0 Å². The van der Waals surface area contributed by atoms with Crippen LogP contribution in [0.25, 0.3) is 109 Å². The lowest BCUT2D eigenvalue weighted by atomic mass is 9.84. The molecule has 0 fully saturated rings. The Morgan fingerprint density at radius 3 is 1.59 bits per heavy atom. The Morgan fingerprint density at radius 2 is 0.882 bits per heavy atom. The molecular weight excluding hydrogens is 617 g/mol. The molecule has 0 saturated heterocycles. The van der Waals surface area contributed by atoms with Gasteiger partial charge in [-0.3, -0.25) is 0 Å². The summed E-state index contributed by atoms with van der Waals surface area (Å²) < 4.78 is 79.3. The molecule has 0 unspecified atom stereocenters. The smallest absolute Gasteiger partial charge is 0.136 e. The quantitative estimate of drug-likeness (QED) is 0.173. The molecule has 0 radical (unpaired) electrons. The van der Waals surface area contributed by atoms with Gasteiger partial charge in [0.15, 0.2) is 0 Å². The van der Waals surface area contributed by atoms with Crippen LogP contribution < -0.4 is 0 Å². The van der Waals surface area contributed by atoms with Crippen molar-refractivity contribution in [2.75, 3.05) is 0 Å². The summed E-state index contributed by atoms with van der Waals surface area (Å²) in [6.07, 6.45) is 0. The topological polar surface area (TPSA) is 13.1 Å². The Bertz CT molecular complexity index is 3560. The van der Waals surface area contributed by atoms with E-state index in [1.54, 1.807) is 0 Å². The molecule has 10 aromatic carbocycles. The molecule has 0 bridgehead atoms. The van der Waals surface area contributed by atoms with E-state index < -0.39 is 24.2 Å². The van der Waals surface area contributed by atoms with Crippen LogP contribution in [0.2, 0.25) is 0 Å². The van der Waals surface area contributed by atoms with Crippen LogP contribution in [0.1, 0.15) is 11.0 Å². The molecule has 11 aromatic rings. The first-order chi connectivity index (χ1) is 28.6. The number of benzene rings is 10. The van der Waals surface area contributed by atoms with E-state index in [-0.39, 0.29) is 45.7 Å². The molecule has 1 heteroatoms. The van der Waals surface area contributed by atoms with Crippen molar-refractivity contribution >= 4 is 75.8 Å². The van der Waals surface area contributed by atoms with Gasteiger partial charge in [-0.2, -0.15) is 0 Å². The lowest BCUT2D eigenvalue weighted by molar-refractivity contribution is 0.669. The van der Waals surface area contributed by atoms with Crippen molar-refractivity contribution in [1.29, 1.82) is 0 Å². The van der Waals surface area contributed by atoms with Gasteiger partial charge < -0.3 is 4.42 Å². The van der Waals surface area contributed by atoms with E-state index >= 15 is 0 Å². The molecule has 0 atom stereocenters. The van der Waals surface area contributed by atoms with Crippen LogP contribution in [0.5, 0.6) is 0 Å². The van der Waals surface area contributed by atoms with E-state index in [0.29, 0.717) is 22.3 Å². The van der Waals surface area contributed by atoms with Crippen molar-refractivity contribution in [2.45, 2.75) is 0 Å². The highest BCUT2D eigenvalue weighted by molar-refractivity contribution is 6.28. The average molecular weight is 655 g/mol. The van der Waals surface area contributed by atoms with E-state index in [4.69, 9.17) is 9.90 Å². The highest BCUT2D eigenvalue weighted by Gasteiger charge is 2.19. The molecule has 0 spiro atoms. The maximum atomic E-state index is 9.38. The molecule has 1 heterocycles. The number of hydrogen-bond donors (Lipinski definition) is 0. The Hall–Kier alpha value is -6.70. The minimum absolute atomic E-state index is 0.186. The van der Waals surface area contributed by atoms with Crippen LogP contribution >= 0.6 is 0 Å². The van der Waals surface area contributed by atoms with Crippen molar-refractivity contribution in [2.24, 2.45) is 0 Å². The zero-order valence-corrected chi connectivity index (χ0v) is 27.1. The Kier molecular flexibility index (Phi) is 4.57. The van der Waals surface area contributed by atoms with Gasteiger partial charge in [-0.15, -0.1) is 0 Å². The highest BCUT2D eigenvalue weighted by atomic mass is 16.3. The summed E-state index contributed by atoms with van der Waals surface area (Å²) in [7, 11) is 0. The summed E-state index contributed by atoms with van der Waals surface area (Å²) in [6.45, 7) is 0. The molecule has 0 aliphatic carbocycles. The molecule has 0 saturated carbocycles. The van der Waals surface area contributed by atoms with Gasteiger partial charge >= 0.3 is 0 Å². The highest BCUT2D eigenvalue weighted by Crippen LogP contribution is 2.46.